The van der Waals surface area contributed by atoms with Crippen molar-refractivity contribution in [1.29, 1.82) is 0 Å². The van der Waals surface area contributed by atoms with Gasteiger partial charge in [0.2, 0.25) is 0 Å². The quantitative estimate of drug-likeness (QED) is 0.673. The van der Waals surface area contributed by atoms with Crippen LogP contribution in [0.2, 0.25) is 0 Å². The van der Waals surface area contributed by atoms with Gasteiger partial charge < -0.3 is 9.88 Å². The number of nitrogens with zero attached hydrogens (tertiary/aromatic N) is 3. The van der Waals surface area contributed by atoms with E-state index in [2.05, 4.69) is 14.9 Å². The lowest BCUT2D eigenvalue weighted by atomic mass is 10.2. The van der Waals surface area contributed by atoms with Crippen molar-refractivity contribution in [3.63, 3.8) is 0 Å². The molecule has 1 heterocycles. The number of nitro groups is 1. The zero-order valence-electron chi connectivity index (χ0n) is 10.6. The monoisotopic (exact) mass is 276 g/mol. The van der Waals surface area contributed by atoms with Gasteiger partial charge in [0.25, 0.3) is 5.69 Å². The van der Waals surface area contributed by atoms with Crippen LogP contribution in [-0.2, 0) is 6.54 Å². The maximum atomic E-state index is 13.3. The molecule has 0 aliphatic heterocycles. The standard InChI is InChI=1S/C13H13FN4O2/c14-9-3-10(5-12(4-9)18(19)20)16-7-13-6-15-8-17(13)11-1-2-11/h3-6,8,11,16H,1-2,7H2. The molecule has 104 valence electrons. The van der Waals surface area contributed by atoms with Gasteiger partial charge in [-0.1, -0.05) is 0 Å². The van der Waals surface area contributed by atoms with Gasteiger partial charge in [-0.05, 0) is 18.9 Å². The Morgan fingerprint density at radius 2 is 2.25 bits per heavy atom. The summed E-state index contributed by atoms with van der Waals surface area (Å²) in [7, 11) is 0. The zero-order chi connectivity index (χ0) is 14.1. The van der Waals surface area contributed by atoms with Crippen LogP contribution in [0.25, 0.3) is 0 Å². The van der Waals surface area contributed by atoms with E-state index >= 15 is 0 Å². The zero-order valence-corrected chi connectivity index (χ0v) is 10.6. The van der Waals surface area contributed by atoms with Gasteiger partial charge in [0.1, 0.15) is 5.82 Å². The largest absolute Gasteiger partial charge is 0.379 e. The Morgan fingerprint density at radius 3 is 2.95 bits per heavy atom. The SMILES string of the molecule is O=[N+]([O-])c1cc(F)cc(NCc2cncn2C2CC2)c1. The van der Waals surface area contributed by atoms with Crippen LogP contribution in [0.3, 0.4) is 0 Å². The number of non-ortho nitro benzene ring substituents is 1. The predicted octanol–water partition coefficient (Wildman–Crippen LogP) is 2.88. The number of hydrogen-bond acceptors (Lipinski definition) is 4. The molecule has 1 aliphatic carbocycles. The molecule has 1 aromatic heterocycles. The molecule has 0 spiro atoms. The van der Waals surface area contributed by atoms with Crippen molar-refractivity contribution in [3.05, 3.63) is 52.3 Å². The third kappa shape index (κ3) is 2.61. The smallest absolute Gasteiger partial charge is 0.274 e. The highest BCUT2D eigenvalue weighted by molar-refractivity contribution is 5.51. The average Bonchev–Trinajstić information content (AvgIpc) is 3.15. The van der Waals surface area contributed by atoms with Gasteiger partial charge in [0.05, 0.1) is 29.6 Å². The summed E-state index contributed by atoms with van der Waals surface area (Å²) in [4.78, 5) is 14.2. The van der Waals surface area contributed by atoms with Crippen molar-refractivity contribution in [3.8, 4) is 0 Å². The van der Waals surface area contributed by atoms with Gasteiger partial charge in [-0.2, -0.15) is 0 Å². The lowest BCUT2D eigenvalue weighted by Gasteiger charge is -2.09. The predicted molar refractivity (Wildman–Crippen MR) is 70.9 cm³/mol. The third-order valence-corrected chi connectivity index (χ3v) is 3.25. The maximum absolute atomic E-state index is 13.3. The van der Waals surface area contributed by atoms with E-state index in [4.69, 9.17) is 0 Å². The fraction of sp³-hybridized carbons (Fsp3) is 0.308. The van der Waals surface area contributed by atoms with Crippen LogP contribution >= 0.6 is 0 Å². The highest BCUT2D eigenvalue weighted by Gasteiger charge is 2.25. The van der Waals surface area contributed by atoms with E-state index in [1.54, 1.807) is 12.5 Å². The topological polar surface area (TPSA) is 73.0 Å². The molecule has 1 fully saturated rings. The number of halogens is 1. The fourth-order valence-corrected chi connectivity index (χ4v) is 2.12. The number of nitro benzene ring substituents is 1. The van der Waals surface area contributed by atoms with Crippen molar-refractivity contribution in [2.75, 3.05) is 5.32 Å². The molecule has 0 bridgehead atoms. The fourth-order valence-electron chi connectivity index (χ4n) is 2.12. The normalized spacial score (nSPS) is 14.2. The highest BCUT2D eigenvalue weighted by Crippen LogP contribution is 2.35. The van der Waals surface area contributed by atoms with Crippen molar-refractivity contribution in [1.82, 2.24) is 9.55 Å². The molecule has 0 unspecified atom stereocenters. The lowest BCUT2D eigenvalue weighted by molar-refractivity contribution is -0.385. The van der Waals surface area contributed by atoms with Crippen LogP contribution in [0, 0.1) is 15.9 Å². The van der Waals surface area contributed by atoms with Crippen molar-refractivity contribution >= 4 is 11.4 Å². The lowest BCUT2D eigenvalue weighted by Crippen LogP contribution is -2.06. The van der Waals surface area contributed by atoms with Gasteiger partial charge in [-0.3, -0.25) is 10.1 Å². The molecule has 0 amide bonds. The second kappa shape index (κ2) is 4.92. The average molecular weight is 276 g/mol. The first-order valence-corrected chi connectivity index (χ1v) is 6.33. The molecule has 3 rings (SSSR count). The molecule has 7 heteroatoms. The van der Waals surface area contributed by atoms with E-state index in [9.17, 15) is 14.5 Å². The summed E-state index contributed by atoms with van der Waals surface area (Å²) in [6, 6.07) is 3.97. The third-order valence-electron chi connectivity index (χ3n) is 3.25. The van der Waals surface area contributed by atoms with Gasteiger partial charge in [0.15, 0.2) is 0 Å². The summed E-state index contributed by atoms with van der Waals surface area (Å²) in [5.41, 5.74) is 1.11. The second-order valence-corrected chi connectivity index (χ2v) is 4.83. The molecule has 0 saturated heterocycles. The first-order chi connectivity index (χ1) is 9.63. The molecular formula is C13H13FN4O2. The Hall–Kier alpha value is -2.44. The number of benzene rings is 1. The number of anilines is 1. The molecule has 0 radical (unpaired) electrons. The Morgan fingerprint density at radius 1 is 1.45 bits per heavy atom. The summed E-state index contributed by atoms with van der Waals surface area (Å²) in [5.74, 6) is -0.627. The van der Waals surface area contributed by atoms with Crippen LogP contribution < -0.4 is 5.32 Å². The molecule has 20 heavy (non-hydrogen) atoms. The van der Waals surface area contributed by atoms with Crippen LogP contribution in [0.1, 0.15) is 24.6 Å². The van der Waals surface area contributed by atoms with E-state index in [-0.39, 0.29) is 5.69 Å². The minimum Gasteiger partial charge on any atom is -0.379 e. The molecule has 1 saturated carbocycles. The molecule has 0 atom stereocenters. The van der Waals surface area contributed by atoms with E-state index in [0.29, 0.717) is 18.3 Å². The van der Waals surface area contributed by atoms with Crippen LogP contribution in [-0.4, -0.2) is 14.5 Å². The number of rotatable bonds is 5. The molecule has 1 N–H and O–H groups in total. The first kappa shape index (κ1) is 12.6. The van der Waals surface area contributed by atoms with E-state index < -0.39 is 10.7 Å². The minimum atomic E-state index is -0.627. The number of nitrogens with one attached hydrogen (secondary N) is 1. The Balaban J connectivity index is 1.74. The van der Waals surface area contributed by atoms with E-state index in [0.717, 1.165) is 24.6 Å². The number of hydrogen-bond donors (Lipinski definition) is 1. The Labute approximate surface area is 114 Å². The molecular weight excluding hydrogens is 263 g/mol. The first-order valence-electron chi connectivity index (χ1n) is 6.33. The van der Waals surface area contributed by atoms with Gasteiger partial charge >= 0.3 is 0 Å². The van der Waals surface area contributed by atoms with Crippen molar-refractivity contribution < 1.29 is 9.31 Å². The van der Waals surface area contributed by atoms with Crippen LogP contribution in [0.15, 0.2) is 30.7 Å². The molecule has 2 aromatic rings. The molecule has 6 nitrogen and oxygen atoms in total. The Kier molecular flexibility index (Phi) is 3.09. The van der Waals surface area contributed by atoms with Gasteiger partial charge in [-0.15, -0.1) is 0 Å². The maximum Gasteiger partial charge on any atom is 0.274 e. The number of imidazole rings is 1. The second-order valence-electron chi connectivity index (χ2n) is 4.83. The van der Waals surface area contributed by atoms with Gasteiger partial charge in [-0.25, -0.2) is 9.37 Å². The molecule has 1 aromatic carbocycles. The molecule has 1 aliphatic rings. The van der Waals surface area contributed by atoms with E-state index in [1.807, 2.05) is 0 Å². The van der Waals surface area contributed by atoms with E-state index in [1.165, 1.54) is 12.1 Å². The van der Waals surface area contributed by atoms with Crippen molar-refractivity contribution in [2.45, 2.75) is 25.4 Å². The summed E-state index contributed by atoms with van der Waals surface area (Å²) < 4.78 is 15.4. The van der Waals surface area contributed by atoms with Crippen LogP contribution in [0.5, 0.6) is 0 Å². The summed E-state index contributed by atoms with van der Waals surface area (Å²) >= 11 is 0. The minimum absolute atomic E-state index is 0.261. The van der Waals surface area contributed by atoms with Gasteiger partial charge in [0, 0.05) is 24.0 Å². The van der Waals surface area contributed by atoms with Crippen LogP contribution in [0.4, 0.5) is 15.8 Å². The highest BCUT2D eigenvalue weighted by atomic mass is 19.1. The summed E-state index contributed by atoms with van der Waals surface area (Å²) in [6.07, 6.45) is 5.82. The Bertz CT molecular complexity index is 652. The number of aromatic nitrogens is 2. The summed E-state index contributed by atoms with van der Waals surface area (Å²) in [5, 5.41) is 13.7. The van der Waals surface area contributed by atoms with Crippen molar-refractivity contribution in [2.24, 2.45) is 0 Å². The summed E-state index contributed by atoms with van der Waals surface area (Å²) in [6.45, 7) is 0.455.